The summed E-state index contributed by atoms with van der Waals surface area (Å²) in [6, 6.07) is 0. The van der Waals surface area contributed by atoms with Crippen LogP contribution in [0.1, 0.15) is 12.8 Å². The van der Waals surface area contributed by atoms with Crippen molar-refractivity contribution >= 4 is 22.6 Å². The lowest BCUT2D eigenvalue weighted by molar-refractivity contribution is 0.0340. The van der Waals surface area contributed by atoms with Crippen LogP contribution >= 0.6 is 11.8 Å². The molecule has 0 bridgehead atoms. The van der Waals surface area contributed by atoms with Crippen molar-refractivity contribution in [2.24, 2.45) is 0 Å². The first kappa shape index (κ1) is 11.5. The SMILES string of the molecule is CS(=O)CSCC1(O)CCNCC1. The summed E-state index contributed by atoms with van der Waals surface area (Å²) in [5, 5.41) is 13.9. The lowest BCUT2D eigenvalue weighted by atomic mass is 9.95. The van der Waals surface area contributed by atoms with Crippen molar-refractivity contribution in [2.45, 2.75) is 18.4 Å². The van der Waals surface area contributed by atoms with Gasteiger partial charge < -0.3 is 10.4 Å². The molecule has 0 aliphatic carbocycles. The largest absolute Gasteiger partial charge is 0.389 e. The third-order valence-corrected chi connectivity index (χ3v) is 4.89. The third-order valence-electron chi connectivity index (χ3n) is 2.15. The highest BCUT2D eigenvalue weighted by molar-refractivity contribution is 8.10. The Morgan fingerprint density at radius 1 is 1.54 bits per heavy atom. The molecule has 1 fully saturated rings. The van der Waals surface area contributed by atoms with Crippen LogP contribution in [0.15, 0.2) is 0 Å². The van der Waals surface area contributed by atoms with Gasteiger partial charge in [0.25, 0.3) is 0 Å². The standard InChI is InChI=1S/C8H17NO2S2/c1-13(11)7-12-6-8(10)2-4-9-5-3-8/h9-10H,2-7H2,1H3. The van der Waals surface area contributed by atoms with Gasteiger partial charge in [0.2, 0.25) is 0 Å². The molecule has 0 spiro atoms. The van der Waals surface area contributed by atoms with E-state index in [0.29, 0.717) is 10.8 Å². The summed E-state index contributed by atoms with van der Waals surface area (Å²) in [5.41, 5.74) is -0.519. The molecule has 1 rings (SSSR count). The van der Waals surface area contributed by atoms with Gasteiger partial charge in [0.15, 0.2) is 0 Å². The van der Waals surface area contributed by atoms with Crippen LogP contribution in [0.2, 0.25) is 0 Å². The molecule has 1 aliphatic rings. The minimum absolute atomic E-state index is 0.519. The van der Waals surface area contributed by atoms with E-state index in [0.717, 1.165) is 25.9 Å². The second kappa shape index (κ2) is 5.34. The first-order chi connectivity index (χ1) is 6.12. The second-order valence-electron chi connectivity index (χ2n) is 3.51. The van der Waals surface area contributed by atoms with Gasteiger partial charge in [0.1, 0.15) is 0 Å². The van der Waals surface area contributed by atoms with E-state index in [1.165, 1.54) is 0 Å². The molecule has 0 amide bonds. The molecule has 0 radical (unpaired) electrons. The van der Waals surface area contributed by atoms with Gasteiger partial charge in [0, 0.05) is 22.8 Å². The minimum atomic E-state index is -0.752. The molecule has 1 unspecified atom stereocenters. The fourth-order valence-corrected chi connectivity index (χ4v) is 3.33. The predicted molar refractivity (Wildman–Crippen MR) is 58.4 cm³/mol. The normalized spacial score (nSPS) is 24.2. The van der Waals surface area contributed by atoms with Crippen LogP contribution in [0.25, 0.3) is 0 Å². The van der Waals surface area contributed by atoms with E-state index in [1.54, 1.807) is 18.0 Å². The molecule has 78 valence electrons. The molecule has 0 aromatic rings. The zero-order valence-corrected chi connectivity index (χ0v) is 9.55. The molecule has 0 saturated carbocycles. The highest BCUT2D eigenvalue weighted by atomic mass is 32.2. The van der Waals surface area contributed by atoms with Crippen LogP contribution < -0.4 is 5.32 Å². The first-order valence-electron chi connectivity index (χ1n) is 4.43. The Kier molecular flexibility index (Phi) is 4.72. The molecule has 13 heavy (non-hydrogen) atoms. The molecule has 1 aliphatic heterocycles. The highest BCUT2D eigenvalue weighted by Gasteiger charge is 2.28. The summed E-state index contributed by atoms with van der Waals surface area (Å²) >= 11 is 1.59. The molecule has 2 N–H and O–H groups in total. The van der Waals surface area contributed by atoms with E-state index in [-0.39, 0.29) is 0 Å². The van der Waals surface area contributed by atoms with Crippen LogP contribution in [0.4, 0.5) is 0 Å². The molecule has 0 aromatic heterocycles. The molecule has 1 atom stereocenters. The van der Waals surface area contributed by atoms with Gasteiger partial charge in [-0.1, -0.05) is 0 Å². The van der Waals surface area contributed by atoms with Gasteiger partial charge in [-0.25, -0.2) is 0 Å². The molecule has 5 heteroatoms. The number of nitrogens with one attached hydrogen (secondary N) is 1. The Bertz CT molecular complexity index is 181. The van der Waals surface area contributed by atoms with E-state index in [1.807, 2.05) is 0 Å². The zero-order chi connectivity index (χ0) is 9.73. The van der Waals surface area contributed by atoms with E-state index in [4.69, 9.17) is 0 Å². The van der Waals surface area contributed by atoms with Gasteiger partial charge in [-0.05, 0) is 25.9 Å². The van der Waals surface area contributed by atoms with E-state index in [9.17, 15) is 9.32 Å². The van der Waals surface area contributed by atoms with Gasteiger partial charge in [-0.3, -0.25) is 4.21 Å². The van der Waals surface area contributed by atoms with Crippen LogP contribution in [0.5, 0.6) is 0 Å². The summed E-state index contributed by atoms with van der Waals surface area (Å²) in [4.78, 5) is 0. The van der Waals surface area contributed by atoms with Gasteiger partial charge in [-0.15, -0.1) is 11.8 Å². The van der Waals surface area contributed by atoms with Crippen LogP contribution in [-0.2, 0) is 10.8 Å². The van der Waals surface area contributed by atoms with Gasteiger partial charge in [-0.2, -0.15) is 0 Å². The average molecular weight is 223 g/mol. The molecular weight excluding hydrogens is 206 g/mol. The van der Waals surface area contributed by atoms with Crippen molar-refractivity contribution in [3.8, 4) is 0 Å². The van der Waals surface area contributed by atoms with Crippen LogP contribution in [-0.4, -0.2) is 45.1 Å². The quantitative estimate of drug-likeness (QED) is 0.713. The fraction of sp³-hybridized carbons (Fsp3) is 1.00. The van der Waals surface area contributed by atoms with E-state index < -0.39 is 16.4 Å². The number of rotatable bonds is 4. The lowest BCUT2D eigenvalue weighted by Crippen LogP contribution is -2.43. The number of hydrogen-bond donors (Lipinski definition) is 2. The van der Waals surface area contributed by atoms with Crippen molar-refractivity contribution in [1.29, 1.82) is 0 Å². The number of piperidine rings is 1. The molecule has 3 nitrogen and oxygen atoms in total. The first-order valence-corrected chi connectivity index (χ1v) is 7.31. The smallest absolute Gasteiger partial charge is 0.0762 e. The number of aliphatic hydroxyl groups is 1. The lowest BCUT2D eigenvalue weighted by Gasteiger charge is -2.32. The van der Waals surface area contributed by atoms with Crippen molar-refractivity contribution in [3.05, 3.63) is 0 Å². The Morgan fingerprint density at radius 3 is 2.69 bits per heavy atom. The Hall–Kier alpha value is 0.420. The molecule has 1 saturated heterocycles. The van der Waals surface area contributed by atoms with Crippen molar-refractivity contribution in [1.82, 2.24) is 5.32 Å². The predicted octanol–water partition coefficient (Wildman–Crippen LogP) is 0.170. The molecular formula is C8H17NO2S2. The Morgan fingerprint density at radius 2 is 2.15 bits per heavy atom. The monoisotopic (exact) mass is 223 g/mol. The average Bonchev–Trinajstić information content (AvgIpc) is 2.04. The maximum absolute atomic E-state index is 10.8. The van der Waals surface area contributed by atoms with Gasteiger partial charge in [0.05, 0.1) is 10.7 Å². The van der Waals surface area contributed by atoms with E-state index in [2.05, 4.69) is 5.32 Å². The summed E-state index contributed by atoms with van der Waals surface area (Å²) in [5.74, 6) is 0.717. The van der Waals surface area contributed by atoms with Crippen molar-refractivity contribution < 1.29 is 9.32 Å². The third kappa shape index (κ3) is 4.44. The van der Waals surface area contributed by atoms with Crippen molar-refractivity contribution in [2.75, 3.05) is 30.2 Å². The zero-order valence-electron chi connectivity index (χ0n) is 7.91. The topological polar surface area (TPSA) is 49.3 Å². The van der Waals surface area contributed by atoms with E-state index >= 15 is 0 Å². The number of hydrogen-bond acceptors (Lipinski definition) is 4. The fourth-order valence-electron chi connectivity index (χ4n) is 1.39. The Labute approximate surface area is 86.1 Å². The summed E-state index contributed by atoms with van der Waals surface area (Å²) in [6.07, 6.45) is 3.33. The summed E-state index contributed by atoms with van der Waals surface area (Å²) in [6.45, 7) is 1.79. The minimum Gasteiger partial charge on any atom is -0.389 e. The number of thioether (sulfide) groups is 1. The summed E-state index contributed by atoms with van der Waals surface area (Å²) in [7, 11) is -0.752. The maximum atomic E-state index is 10.8. The summed E-state index contributed by atoms with van der Waals surface area (Å²) < 4.78 is 10.8. The van der Waals surface area contributed by atoms with Crippen LogP contribution in [0, 0.1) is 0 Å². The molecule has 0 aromatic carbocycles. The van der Waals surface area contributed by atoms with Crippen LogP contribution in [0.3, 0.4) is 0 Å². The van der Waals surface area contributed by atoms with Crippen molar-refractivity contribution in [3.63, 3.8) is 0 Å². The van der Waals surface area contributed by atoms with Gasteiger partial charge >= 0.3 is 0 Å². The second-order valence-corrected chi connectivity index (χ2v) is 6.30. The highest BCUT2D eigenvalue weighted by Crippen LogP contribution is 2.23. The Balaban J connectivity index is 2.21. The molecule has 1 heterocycles. The maximum Gasteiger partial charge on any atom is 0.0762 e.